The van der Waals surface area contributed by atoms with Crippen LogP contribution >= 0.6 is 0 Å². The van der Waals surface area contributed by atoms with Crippen molar-refractivity contribution in [2.45, 2.75) is 13.0 Å². The average Bonchev–Trinajstić information content (AvgIpc) is 1.84. The lowest BCUT2D eigenvalue weighted by atomic mass is 10.1. The molecule has 2 heteroatoms. The second-order valence-electron chi connectivity index (χ2n) is 1.77. The van der Waals surface area contributed by atoms with Gasteiger partial charge in [0, 0.05) is 12.5 Å². The first-order valence-electron chi connectivity index (χ1n) is 2.47. The Morgan fingerprint density at radius 3 is 2.38 bits per heavy atom. The standard InChI is InChI=1S/C6H10O2/c1-3-6(8)5(2)4-7/h1,5-8H,4H2,2H3. The van der Waals surface area contributed by atoms with Gasteiger partial charge in [0.25, 0.3) is 0 Å². The molecular weight excluding hydrogens is 104 g/mol. The van der Waals surface area contributed by atoms with Gasteiger partial charge < -0.3 is 10.2 Å². The number of aliphatic hydroxyl groups excluding tert-OH is 2. The molecule has 0 fully saturated rings. The van der Waals surface area contributed by atoms with E-state index in [0.29, 0.717) is 0 Å². The fourth-order valence-electron chi connectivity index (χ4n) is 0.264. The van der Waals surface area contributed by atoms with E-state index in [1.165, 1.54) is 0 Å². The van der Waals surface area contributed by atoms with Gasteiger partial charge in [-0.05, 0) is 0 Å². The first kappa shape index (κ1) is 7.48. The van der Waals surface area contributed by atoms with Crippen LogP contribution in [0.25, 0.3) is 0 Å². The monoisotopic (exact) mass is 114 g/mol. The van der Waals surface area contributed by atoms with E-state index < -0.39 is 6.10 Å². The summed E-state index contributed by atoms with van der Waals surface area (Å²) in [7, 11) is 0. The molecule has 0 rings (SSSR count). The molecule has 0 radical (unpaired) electrons. The van der Waals surface area contributed by atoms with Crippen molar-refractivity contribution in [1.29, 1.82) is 0 Å². The summed E-state index contributed by atoms with van der Waals surface area (Å²) in [5.74, 6) is 1.90. The summed E-state index contributed by atoms with van der Waals surface area (Å²) in [6.45, 7) is 1.62. The summed E-state index contributed by atoms with van der Waals surface area (Å²) in [5, 5.41) is 17.1. The molecule has 2 N–H and O–H groups in total. The van der Waals surface area contributed by atoms with Crippen LogP contribution in [0, 0.1) is 18.3 Å². The van der Waals surface area contributed by atoms with Crippen molar-refractivity contribution in [1.82, 2.24) is 0 Å². The molecule has 2 unspecified atom stereocenters. The van der Waals surface area contributed by atoms with Crippen LogP contribution in [-0.4, -0.2) is 22.9 Å². The highest BCUT2D eigenvalue weighted by molar-refractivity contribution is 4.95. The summed E-state index contributed by atoms with van der Waals surface area (Å²) in [6.07, 6.45) is 4.03. The highest BCUT2D eigenvalue weighted by Crippen LogP contribution is 1.98. The van der Waals surface area contributed by atoms with Crippen molar-refractivity contribution in [3.05, 3.63) is 0 Å². The topological polar surface area (TPSA) is 40.5 Å². The highest BCUT2D eigenvalue weighted by Gasteiger charge is 2.07. The van der Waals surface area contributed by atoms with Gasteiger partial charge in [0.1, 0.15) is 6.10 Å². The normalized spacial score (nSPS) is 16.8. The summed E-state index contributed by atoms with van der Waals surface area (Å²) in [5.41, 5.74) is 0. The largest absolute Gasteiger partial charge is 0.396 e. The van der Waals surface area contributed by atoms with E-state index in [4.69, 9.17) is 16.6 Å². The number of aliphatic hydroxyl groups is 2. The first-order valence-corrected chi connectivity index (χ1v) is 2.47. The summed E-state index contributed by atoms with van der Waals surface area (Å²) in [4.78, 5) is 0. The Morgan fingerprint density at radius 2 is 2.25 bits per heavy atom. The molecule has 0 bridgehead atoms. The third kappa shape index (κ3) is 1.97. The second kappa shape index (κ2) is 3.48. The van der Waals surface area contributed by atoms with Gasteiger partial charge in [0.15, 0.2) is 0 Å². The second-order valence-corrected chi connectivity index (χ2v) is 1.77. The maximum atomic E-state index is 8.73. The lowest BCUT2D eigenvalue weighted by Crippen LogP contribution is -2.18. The Balaban J connectivity index is 3.49. The predicted octanol–water partition coefficient (Wildman–Crippen LogP) is -0.391. The van der Waals surface area contributed by atoms with E-state index >= 15 is 0 Å². The first-order chi connectivity index (χ1) is 3.72. The predicted molar refractivity (Wildman–Crippen MR) is 31.1 cm³/mol. The molecule has 0 aromatic heterocycles. The molecule has 0 amide bonds. The van der Waals surface area contributed by atoms with Gasteiger partial charge in [-0.2, -0.15) is 0 Å². The Morgan fingerprint density at radius 1 is 1.75 bits per heavy atom. The molecule has 0 aromatic rings. The van der Waals surface area contributed by atoms with Gasteiger partial charge in [0.05, 0.1) is 0 Å². The van der Waals surface area contributed by atoms with Crippen LogP contribution in [0.1, 0.15) is 6.92 Å². The maximum absolute atomic E-state index is 8.73. The number of terminal acetylenes is 1. The van der Waals surface area contributed by atoms with Gasteiger partial charge in [-0.1, -0.05) is 12.8 Å². The highest BCUT2D eigenvalue weighted by atomic mass is 16.3. The molecule has 0 aliphatic carbocycles. The molecular formula is C6H10O2. The fourth-order valence-corrected chi connectivity index (χ4v) is 0.264. The molecule has 0 aliphatic rings. The minimum atomic E-state index is -0.806. The Labute approximate surface area is 49.2 Å². The van der Waals surface area contributed by atoms with Crippen LogP contribution in [0.4, 0.5) is 0 Å². The van der Waals surface area contributed by atoms with E-state index in [1.54, 1.807) is 6.92 Å². The Bertz CT molecular complexity index is 93.2. The van der Waals surface area contributed by atoms with Gasteiger partial charge >= 0.3 is 0 Å². The van der Waals surface area contributed by atoms with E-state index in [0.717, 1.165) is 0 Å². The van der Waals surface area contributed by atoms with Crippen molar-refractivity contribution < 1.29 is 10.2 Å². The van der Waals surface area contributed by atoms with Crippen molar-refractivity contribution in [3.63, 3.8) is 0 Å². The molecule has 46 valence electrons. The molecule has 0 saturated carbocycles. The lowest BCUT2D eigenvalue weighted by Gasteiger charge is -2.08. The number of hydrogen-bond donors (Lipinski definition) is 2. The van der Waals surface area contributed by atoms with Crippen LogP contribution in [0.3, 0.4) is 0 Å². The van der Waals surface area contributed by atoms with Crippen molar-refractivity contribution in [2.75, 3.05) is 6.61 Å². The smallest absolute Gasteiger partial charge is 0.119 e. The van der Waals surface area contributed by atoms with Crippen LogP contribution in [-0.2, 0) is 0 Å². The van der Waals surface area contributed by atoms with E-state index in [-0.39, 0.29) is 12.5 Å². The van der Waals surface area contributed by atoms with Crippen LogP contribution < -0.4 is 0 Å². The van der Waals surface area contributed by atoms with E-state index in [2.05, 4.69) is 5.92 Å². The number of hydrogen-bond acceptors (Lipinski definition) is 2. The summed E-state index contributed by atoms with van der Waals surface area (Å²) in [6, 6.07) is 0. The minimum absolute atomic E-state index is 0.0641. The van der Waals surface area contributed by atoms with Gasteiger partial charge in [-0.15, -0.1) is 6.42 Å². The molecule has 2 nitrogen and oxygen atoms in total. The van der Waals surface area contributed by atoms with Gasteiger partial charge in [-0.3, -0.25) is 0 Å². The molecule has 0 saturated heterocycles. The molecule has 2 atom stereocenters. The third-order valence-corrected chi connectivity index (χ3v) is 0.998. The molecule has 0 aromatic carbocycles. The zero-order chi connectivity index (χ0) is 6.57. The zero-order valence-electron chi connectivity index (χ0n) is 4.83. The van der Waals surface area contributed by atoms with Crippen LogP contribution in [0.15, 0.2) is 0 Å². The minimum Gasteiger partial charge on any atom is -0.396 e. The molecule has 0 heterocycles. The third-order valence-electron chi connectivity index (χ3n) is 0.998. The molecule has 0 aliphatic heterocycles. The van der Waals surface area contributed by atoms with Crippen LogP contribution in [0.5, 0.6) is 0 Å². The van der Waals surface area contributed by atoms with Crippen molar-refractivity contribution >= 4 is 0 Å². The average molecular weight is 114 g/mol. The zero-order valence-corrected chi connectivity index (χ0v) is 4.83. The van der Waals surface area contributed by atoms with Crippen molar-refractivity contribution in [3.8, 4) is 12.3 Å². The van der Waals surface area contributed by atoms with Gasteiger partial charge in [-0.25, -0.2) is 0 Å². The molecule has 8 heavy (non-hydrogen) atoms. The van der Waals surface area contributed by atoms with E-state index in [1.807, 2.05) is 0 Å². The van der Waals surface area contributed by atoms with Crippen LogP contribution in [0.2, 0.25) is 0 Å². The summed E-state index contributed by atoms with van der Waals surface area (Å²) < 4.78 is 0. The molecule has 0 spiro atoms. The quantitative estimate of drug-likeness (QED) is 0.480. The van der Waals surface area contributed by atoms with Crippen molar-refractivity contribution in [2.24, 2.45) is 5.92 Å². The summed E-state index contributed by atoms with van der Waals surface area (Å²) >= 11 is 0. The lowest BCUT2D eigenvalue weighted by molar-refractivity contribution is 0.118. The van der Waals surface area contributed by atoms with E-state index in [9.17, 15) is 0 Å². The number of rotatable bonds is 2. The fraction of sp³-hybridized carbons (Fsp3) is 0.667. The maximum Gasteiger partial charge on any atom is 0.119 e. The Kier molecular flexibility index (Phi) is 3.25. The van der Waals surface area contributed by atoms with Gasteiger partial charge in [0.2, 0.25) is 0 Å². The SMILES string of the molecule is C#CC(O)C(C)CO. The Hall–Kier alpha value is -0.520.